The van der Waals surface area contributed by atoms with E-state index in [4.69, 9.17) is 0 Å². The van der Waals surface area contributed by atoms with E-state index in [1.54, 1.807) is 6.20 Å². The van der Waals surface area contributed by atoms with Crippen LogP contribution in [0.3, 0.4) is 0 Å². The number of hydrogen-bond acceptors (Lipinski definition) is 3. The van der Waals surface area contributed by atoms with Crippen molar-refractivity contribution in [3.63, 3.8) is 0 Å². The third-order valence-corrected chi connectivity index (χ3v) is 4.38. The Bertz CT molecular complexity index is 693. The quantitative estimate of drug-likeness (QED) is 0.848. The van der Waals surface area contributed by atoms with Crippen molar-refractivity contribution in [2.75, 3.05) is 11.9 Å². The van der Waals surface area contributed by atoms with Crippen LogP contribution in [0.5, 0.6) is 0 Å². The van der Waals surface area contributed by atoms with E-state index in [1.807, 2.05) is 18.2 Å². The average molecular weight is 264 g/mol. The van der Waals surface area contributed by atoms with Crippen molar-refractivity contribution in [1.82, 2.24) is 4.98 Å². The van der Waals surface area contributed by atoms with Crippen LogP contribution in [0.4, 0.5) is 5.69 Å². The molecule has 0 spiro atoms. The molecule has 1 aliphatic heterocycles. The van der Waals surface area contributed by atoms with Gasteiger partial charge in [-0.05, 0) is 42.5 Å². The zero-order valence-corrected chi connectivity index (χ0v) is 11.2. The molecular formula is C17H16N2O. The zero-order chi connectivity index (χ0) is 13.5. The highest BCUT2D eigenvalue weighted by Crippen LogP contribution is 2.34. The second-order valence-electron chi connectivity index (χ2n) is 5.55. The van der Waals surface area contributed by atoms with Crippen molar-refractivity contribution in [3.05, 3.63) is 58.9 Å². The number of carbonyl (C=O) groups excluding carboxylic acids is 1. The highest BCUT2D eigenvalue weighted by molar-refractivity contribution is 6.02. The molecule has 4 rings (SSSR count). The molecule has 3 nitrogen and oxygen atoms in total. The first-order valence-electron chi connectivity index (χ1n) is 7.18. The van der Waals surface area contributed by atoms with Crippen LogP contribution in [-0.4, -0.2) is 17.3 Å². The number of aromatic nitrogens is 1. The topological polar surface area (TPSA) is 42.0 Å². The van der Waals surface area contributed by atoms with Gasteiger partial charge in [0.05, 0.1) is 11.6 Å². The molecule has 2 aromatic rings. The van der Waals surface area contributed by atoms with Crippen LogP contribution < -0.4 is 5.32 Å². The Morgan fingerprint density at radius 1 is 1.20 bits per heavy atom. The molecule has 2 aliphatic rings. The molecule has 0 saturated carbocycles. The highest BCUT2D eigenvalue weighted by atomic mass is 16.1. The first kappa shape index (κ1) is 11.6. The Morgan fingerprint density at radius 2 is 2.15 bits per heavy atom. The Morgan fingerprint density at radius 3 is 3.10 bits per heavy atom. The second kappa shape index (κ2) is 4.44. The highest BCUT2D eigenvalue weighted by Gasteiger charge is 2.30. The molecule has 0 radical (unpaired) electrons. The van der Waals surface area contributed by atoms with Crippen LogP contribution in [0.15, 0.2) is 36.5 Å². The maximum Gasteiger partial charge on any atom is 0.171 e. The first-order chi connectivity index (χ1) is 9.83. The molecule has 0 fully saturated rings. The number of fused-ring (bicyclic) bond motifs is 2. The smallest absolute Gasteiger partial charge is 0.171 e. The van der Waals surface area contributed by atoms with E-state index in [1.165, 1.54) is 11.1 Å². The van der Waals surface area contributed by atoms with E-state index in [-0.39, 0.29) is 11.7 Å². The maximum absolute atomic E-state index is 12.7. The Hall–Kier alpha value is -2.16. The van der Waals surface area contributed by atoms with E-state index in [0.717, 1.165) is 42.8 Å². The number of anilines is 1. The van der Waals surface area contributed by atoms with Crippen LogP contribution in [0.25, 0.3) is 0 Å². The van der Waals surface area contributed by atoms with Crippen molar-refractivity contribution < 1.29 is 4.79 Å². The molecule has 20 heavy (non-hydrogen) atoms. The molecule has 3 heteroatoms. The van der Waals surface area contributed by atoms with Gasteiger partial charge in [-0.25, -0.2) is 0 Å². The zero-order valence-electron chi connectivity index (χ0n) is 11.2. The lowest BCUT2D eigenvalue weighted by Gasteiger charge is -2.11. The van der Waals surface area contributed by atoms with Crippen LogP contribution in [0, 0.1) is 0 Å². The fraction of sp³-hybridized carbons (Fsp3) is 0.294. The van der Waals surface area contributed by atoms with Gasteiger partial charge in [0.2, 0.25) is 0 Å². The minimum absolute atomic E-state index is 0.0642. The van der Waals surface area contributed by atoms with E-state index >= 15 is 0 Å². The van der Waals surface area contributed by atoms with Gasteiger partial charge < -0.3 is 5.32 Å². The van der Waals surface area contributed by atoms with E-state index in [9.17, 15) is 4.79 Å². The molecule has 1 unspecified atom stereocenters. The van der Waals surface area contributed by atoms with Crippen molar-refractivity contribution in [2.45, 2.75) is 25.2 Å². The number of Topliss-reactive ketones (excluding diaryl/α,β-unsaturated/α-hetero) is 1. The number of nitrogens with one attached hydrogen (secondary N) is 1. The molecule has 100 valence electrons. The van der Waals surface area contributed by atoms with Crippen LogP contribution >= 0.6 is 0 Å². The summed E-state index contributed by atoms with van der Waals surface area (Å²) in [6.45, 7) is 0.973. The third kappa shape index (κ3) is 1.73. The summed E-state index contributed by atoms with van der Waals surface area (Å²) in [6, 6.07) is 10.1. The molecule has 1 atom stereocenters. The first-order valence-corrected chi connectivity index (χ1v) is 7.18. The standard InChI is InChI=1S/C17H16N2O/c20-17(13-4-3-11-7-9-18-15(11)10-13)14-6-5-12-2-1-8-19-16(12)14/h1-4,8,10,14,18H,5-7,9H2. The molecule has 0 saturated heterocycles. The van der Waals surface area contributed by atoms with Gasteiger partial charge in [0.1, 0.15) is 0 Å². The maximum atomic E-state index is 12.7. The third-order valence-electron chi connectivity index (χ3n) is 4.38. The minimum atomic E-state index is -0.0642. The lowest BCUT2D eigenvalue weighted by molar-refractivity contribution is 0.0958. The predicted molar refractivity (Wildman–Crippen MR) is 78.3 cm³/mol. The number of rotatable bonds is 2. The number of ketones is 1. The summed E-state index contributed by atoms with van der Waals surface area (Å²) in [5.41, 5.74) is 5.44. The summed E-state index contributed by atoms with van der Waals surface area (Å²) in [4.78, 5) is 17.2. The van der Waals surface area contributed by atoms with Gasteiger partial charge in [0.15, 0.2) is 5.78 Å². The summed E-state index contributed by atoms with van der Waals surface area (Å²) >= 11 is 0. The van der Waals surface area contributed by atoms with Gasteiger partial charge in [0.25, 0.3) is 0 Å². The van der Waals surface area contributed by atoms with Gasteiger partial charge in [-0.15, -0.1) is 0 Å². The normalized spacial score (nSPS) is 19.3. The summed E-state index contributed by atoms with van der Waals surface area (Å²) in [6.07, 6.45) is 4.69. The van der Waals surface area contributed by atoms with Crippen LogP contribution in [0.2, 0.25) is 0 Å². The Balaban J connectivity index is 1.68. The SMILES string of the molecule is O=C(c1ccc2c(c1)NCC2)C1CCc2cccnc21. The van der Waals surface area contributed by atoms with E-state index in [2.05, 4.69) is 22.4 Å². The van der Waals surface area contributed by atoms with Crippen molar-refractivity contribution in [2.24, 2.45) is 0 Å². The largest absolute Gasteiger partial charge is 0.384 e. The van der Waals surface area contributed by atoms with E-state index < -0.39 is 0 Å². The molecule has 2 heterocycles. The predicted octanol–water partition coefficient (Wildman–Crippen LogP) is 2.96. The Labute approximate surface area is 118 Å². The summed E-state index contributed by atoms with van der Waals surface area (Å²) in [5, 5.41) is 3.34. The van der Waals surface area contributed by atoms with Gasteiger partial charge in [-0.1, -0.05) is 18.2 Å². The van der Waals surface area contributed by atoms with Gasteiger partial charge in [-0.3, -0.25) is 9.78 Å². The second-order valence-corrected chi connectivity index (χ2v) is 5.55. The fourth-order valence-corrected chi connectivity index (χ4v) is 3.31. The van der Waals surface area contributed by atoms with Crippen molar-refractivity contribution in [3.8, 4) is 0 Å². The number of carbonyl (C=O) groups is 1. The van der Waals surface area contributed by atoms with Crippen LogP contribution in [0.1, 0.15) is 39.5 Å². The molecule has 1 aromatic carbocycles. The fourth-order valence-electron chi connectivity index (χ4n) is 3.31. The molecule has 1 N–H and O–H groups in total. The molecule has 0 amide bonds. The minimum Gasteiger partial charge on any atom is -0.384 e. The monoisotopic (exact) mass is 264 g/mol. The molecular weight excluding hydrogens is 248 g/mol. The van der Waals surface area contributed by atoms with Gasteiger partial charge in [0, 0.05) is 24.0 Å². The number of pyridine rings is 1. The summed E-state index contributed by atoms with van der Waals surface area (Å²) in [5.74, 6) is 0.143. The molecule has 1 aliphatic carbocycles. The van der Waals surface area contributed by atoms with Gasteiger partial charge in [-0.2, -0.15) is 0 Å². The Kier molecular flexibility index (Phi) is 2.59. The van der Waals surface area contributed by atoms with Crippen molar-refractivity contribution >= 4 is 11.5 Å². The summed E-state index contributed by atoms with van der Waals surface area (Å²) < 4.78 is 0. The average Bonchev–Trinajstić information content (AvgIpc) is 3.12. The van der Waals surface area contributed by atoms with Crippen LogP contribution in [-0.2, 0) is 12.8 Å². The van der Waals surface area contributed by atoms with E-state index in [0.29, 0.717) is 0 Å². The van der Waals surface area contributed by atoms with Gasteiger partial charge >= 0.3 is 0 Å². The molecule has 1 aromatic heterocycles. The lowest BCUT2D eigenvalue weighted by atomic mass is 9.94. The lowest BCUT2D eigenvalue weighted by Crippen LogP contribution is -2.11. The number of nitrogens with zero attached hydrogens (tertiary/aromatic N) is 1. The number of hydrogen-bond donors (Lipinski definition) is 1. The number of aryl methyl sites for hydroxylation is 1. The number of benzene rings is 1. The molecule has 0 bridgehead atoms. The summed E-state index contributed by atoms with van der Waals surface area (Å²) in [7, 11) is 0. The van der Waals surface area contributed by atoms with Crippen molar-refractivity contribution in [1.29, 1.82) is 0 Å².